The first-order valence-corrected chi connectivity index (χ1v) is 6.70. The van der Waals surface area contributed by atoms with Gasteiger partial charge in [0.15, 0.2) is 0 Å². The van der Waals surface area contributed by atoms with Gasteiger partial charge in [0.1, 0.15) is 15.9 Å². The molecule has 2 heterocycles. The Morgan fingerprint density at radius 3 is 2.61 bits per heavy atom. The summed E-state index contributed by atoms with van der Waals surface area (Å²) < 4.78 is 26.4. The van der Waals surface area contributed by atoms with E-state index in [0.29, 0.717) is 5.69 Å². The Morgan fingerprint density at radius 1 is 1.22 bits per heavy atom. The van der Waals surface area contributed by atoms with E-state index in [1.165, 1.54) is 36.7 Å². The standard InChI is InChI=1S/C10H9ClN4O2S/c11-9-4-3-7(6-14-9)15-18(16,17)8-2-1-5-13-10(8)12/h1-6,15H,(H2,12,13). The van der Waals surface area contributed by atoms with Crippen LogP contribution in [-0.4, -0.2) is 18.4 Å². The minimum Gasteiger partial charge on any atom is -0.383 e. The van der Waals surface area contributed by atoms with Gasteiger partial charge >= 0.3 is 0 Å². The zero-order valence-corrected chi connectivity index (χ0v) is 10.6. The highest BCUT2D eigenvalue weighted by Crippen LogP contribution is 2.19. The maximum absolute atomic E-state index is 12.0. The number of hydrogen-bond donors (Lipinski definition) is 2. The minimum atomic E-state index is -3.78. The largest absolute Gasteiger partial charge is 0.383 e. The minimum absolute atomic E-state index is 0.0630. The van der Waals surface area contributed by atoms with E-state index in [4.69, 9.17) is 17.3 Å². The van der Waals surface area contributed by atoms with Crippen LogP contribution in [0.2, 0.25) is 5.15 Å². The maximum Gasteiger partial charge on any atom is 0.265 e. The first-order chi connectivity index (χ1) is 8.49. The predicted octanol–water partition coefficient (Wildman–Crippen LogP) is 1.51. The van der Waals surface area contributed by atoms with Gasteiger partial charge in [-0.25, -0.2) is 18.4 Å². The Kier molecular flexibility index (Phi) is 3.35. The van der Waals surface area contributed by atoms with Crippen LogP contribution in [0.5, 0.6) is 0 Å². The highest BCUT2D eigenvalue weighted by molar-refractivity contribution is 7.92. The molecule has 0 saturated carbocycles. The van der Waals surface area contributed by atoms with Crippen LogP contribution in [0.1, 0.15) is 0 Å². The molecule has 94 valence electrons. The lowest BCUT2D eigenvalue weighted by Gasteiger charge is -2.08. The molecule has 18 heavy (non-hydrogen) atoms. The molecule has 0 aliphatic rings. The topological polar surface area (TPSA) is 98.0 Å². The molecule has 0 aliphatic heterocycles. The molecule has 0 bridgehead atoms. The van der Waals surface area contributed by atoms with Crippen molar-refractivity contribution < 1.29 is 8.42 Å². The van der Waals surface area contributed by atoms with Crippen molar-refractivity contribution in [3.63, 3.8) is 0 Å². The van der Waals surface area contributed by atoms with Crippen LogP contribution in [0.25, 0.3) is 0 Å². The van der Waals surface area contributed by atoms with Crippen molar-refractivity contribution in [3.8, 4) is 0 Å². The number of pyridine rings is 2. The fraction of sp³-hybridized carbons (Fsp3) is 0. The summed E-state index contributed by atoms with van der Waals surface area (Å²) in [7, 11) is -3.78. The van der Waals surface area contributed by atoms with Crippen molar-refractivity contribution >= 4 is 33.1 Å². The van der Waals surface area contributed by atoms with Gasteiger partial charge in [-0.3, -0.25) is 4.72 Å². The van der Waals surface area contributed by atoms with E-state index in [0.717, 1.165) is 0 Å². The van der Waals surface area contributed by atoms with Gasteiger partial charge in [-0.2, -0.15) is 0 Å². The van der Waals surface area contributed by atoms with Gasteiger partial charge in [0.2, 0.25) is 0 Å². The molecule has 0 spiro atoms. The molecule has 2 aromatic heterocycles. The fourth-order valence-electron chi connectivity index (χ4n) is 1.28. The lowest BCUT2D eigenvalue weighted by atomic mass is 10.4. The van der Waals surface area contributed by atoms with Gasteiger partial charge in [-0.1, -0.05) is 11.6 Å². The molecular weight excluding hydrogens is 276 g/mol. The van der Waals surface area contributed by atoms with Crippen LogP contribution in [0.3, 0.4) is 0 Å². The average Bonchev–Trinajstić information content (AvgIpc) is 2.32. The molecule has 0 atom stereocenters. The molecule has 0 radical (unpaired) electrons. The molecule has 0 amide bonds. The van der Waals surface area contributed by atoms with Crippen LogP contribution in [-0.2, 0) is 10.0 Å². The Morgan fingerprint density at radius 2 is 2.00 bits per heavy atom. The number of nitrogens with two attached hydrogens (primary N) is 1. The predicted molar refractivity (Wildman–Crippen MR) is 68.7 cm³/mol. The molecule has 0 unspecified atom stereocenters. The zero-order chi connectivity index (χ0) is 13.2. The number of nitrogen functional groups attached to an aromatic ring is 1. The summed E-state index contributed by atoms with van der Waals surface area (Å²) in [4.78, 5) is 7.41. The van der Waals surface area contributed by atoms with Gasteiger partial charge in [-0.15, -0.1) is 0 Å². The van der Waals surface area contributed by atoms with Crippen molar-refractivity contribution in [3.05, 3.63) is 41.8 Å². The zero-order valence-electron chi connectivity index (χ0n) is 9.04. The van der Waals surface area contributed by atoms with Crippen molar-refractivity contribution in [2.24, 2.45) is 0 Å². The second-order valence-corrected chi connectivity index (χ2v) is 5.40. The Balaban J connectivity index is 2.33. The second kappa shape index (κ2) is 4.79. The monoisotopic (exact) mass is 284 g/mol. The number of halogens is 1. The van der Waals surface area contributed by atoms with E-state index in [1.54, 1.807) is 0 Å². The maximum atomic E-state index is 12.0. The second-order valence-electron chi connectivity index (χ2n) is 3.36. The van der Waals surface area contributed by atoms with Gasteiger partial charge < -0.3 is 5.73 Å². The van der Waals surface area contributed by atoms with Crippen LogP contribution in [0, 0.1) is 0 Å². The normalized spacial score (nSPS) is 11.2. The van der Waals surface area contributed by atoms with Crippen molar-refractivity contribution in [2.75, 3.05) is 10.5 Å². The Bertz CT molecular complexity index is 658. The summed E-state index contributed by atoms with van der Waals surface area (Å²) in [5, 5.41) is 0.277. The first-order valence-electron chi connectivity index (χ1n) is 4.84. The van der Waals surface area contributed by atoms with Gasteiger partial charge in [0, 0.05) is 6.20 Å². The molecule has 2 aromatic rings. The van der Waals surface area contributed by atoms with E-state index < -0.39 is 10.0 Å². The number of sulfonamides is 1. The number of nitrogens with one attached hydrogen (secondary N) is 1. The molecule has 6 nitrogen and oxygen atoms in total. The van der Waals surface area contributed by atoms with Crippen molar-refractivity contribution in [2.45, 2.75) is 4.90 Å². The summed E-state index contributed by atoms with van der Waals surface area (Å²) in [6, 6.07) is 5.84. The quantitative estimate of drug-likeness (QED) is 0.833. The van der Waals surface area contributed by atoms with E-state index in [1.807, 2.05) is 0 Å². The number of nitrogens with zero attached hydrogens (tertiary/aromatic N) is 2. The summed E-state index contributed by atoms with van der Waals surface area (Å²) in [6.45, 7) is 0. The van der Waals surface area contributed by atoms with E-state index >= 15 is 0 Å². The lowest BCUT2D eigenvalue weighted by Crippen LogP contribution is -2.15. The number of aromatic nitrogens is 2. The summed E-state index contributed by atoms with van der Waals surface area (Å²) in [5.74, 6) is -0.0630. The summed E-state index contributed by atoms with van der Waals surface area (Å²) >= 11 is 5.61. The fourth-order valence-corrected chi connectivity index (χ4v) is 2.51. The smallest absolute Gasteiger partial charge is 0.265 e. The highest BCUT2D eigenvalue weighted by Gasteiger charge is 2.17. The molecule has 0 fully saturated rings. The Labute approximate surface area is 109 Å². The molecule has 0 saturated heterocycles. The third-order valence-corrected chi connectivity index (χ3v) is 3.72. The molecular formula is C10H9ClN4O2S. The highest BCUT2D eigenvalue weighted by atomic mass is 35.5. The molecule has 0 aliphatic carbocycles. The lowest BCUT2D eigenvalue weighted by molar-refractivity contribution is 0.601. The van der Waals surface area contributed by atoms with E-state index in [9.17, 15) is 8.42 Å². The van der Waals surface area contributed by atoms with Crippen LogP contribution >= 0.6 is 11.6 Å². The molecule has 3 N–H and O–H groups in total. The van der Waals surface area contributed by atoms with Crippen molar-refractivity contribution in [1.82, 2.24) is 9.97 Å². The number of anilines is 2. The van der Waals surface area contributed by atoms with E-state index in [2.05, 4.69) is 14.7 Å². The van der Waals surface area contributed by atoms with Gasteiger partial charge in [0.05, 0.1) is 11.9 Å². The third-order valence-electron chi connectivity index (χ3n) is 2.07. The first kappa shape index (κ1) is 12.6. The van der Waals surface area contributed by atoms with Gasteiger partial charge in [-0.05, 0) is 24.3 Å². The summed E-state index contributed by atoms with van der Waals surface area (Å²) in [5.41, 5.74) is 5.81. The summed E-state index contributed by atoms with van der Waals surface area (Å²) in [6.07, 6.45) is 2.73. The number of rotatable bonds is 3. The molecule has 0 aromatic carbocycles. The third kappa shape index (κ3) is 2.69. The SMILES string of the molecule is Nc1ncccc1S(=O)(=O)Nc1ccc(Cl)nc1. The van der Waals surface area contributed by atoms with Gasteiger partial charge in [0.25, 0.3) is 10.0 Å². The van der Waals surface area contributed by atoms with Crippen LogP contribution < -0.4 is 10.5 Å². The van der Waals surface area contributed by atoms with Crippen molar-refractivity contribution in [1.29, 1.82) is 0 Å². The number of hydrogen-bond acceptors (Lipinski definition) is 5. The van der Waals surface area contributed by atoms with Crippen LogP contribution in [0.15, 0.2) is 41.6 Å². The Hall–Kier alpha value is -1.86. The van der Waals surface area contributed by atoms with Crippen LogP contribution in [0.4, 0.5) is 11.5 Å². The molecule has 8 heteroatoms. The van der Waals surface area contributed by atoms with E-state index in [-0.39, 0.29) is 15.9 Å². The molecule has 2 rings (SSSR count). The average molecular weight is 285 g/mol.